The molecule has 2 aliphatic heterocycles. The van der Waals surface area contributed by atoms with E-state index in [2.05, 4.69) is 0 Å². The largest absolute Gasteiger partial charge is 0.445 e. The molecule has 1 aromatic rings. The second-order valence-corrected chi connectivity index (χ2v) is 7.54. The van der Waals surface area contributed by atoms with Crippen molar-refractivity contribution < 1.29 is 19.1 Å². The Morgan fingerprint density at radius 2 is 1.88 bits per heavy atom. The van der Waals surface area contributed by atoms with Gasteiger partial charge in [-0.05, 0) is 24.8 Å². The van der Waals surface area contributed by atoms with Crippen LogP contribution in [-0.2, 0) is 20.9 Å². The zero-order valence-electron chi connectivity index (χ0n) is 15.0. The van der Waals surface area contributed by atoms with Crippen LogP contribution in [0.25, 0.3) is 0 Å². The second kappa shape index (κ2) is 6.74. The van der Waals surface area contributed by atoms with Gasteiger partial charge in [0.1, 0.15) is 6.61 Å². The Bertz CT molecular complexity index is 716. The summed E-state index contributed by atoms with van der Waals surface area (Å²) in [5.41, 5.74) is 0.925. The van der Waals surface area contributed by atoms with Gasteiger partial charge in [0.25, 0.3) is 0 Å². The number of imide groups is 1. The summed E-state index contributed by atoms with van der Waals surface area (Å²) >= 11 is 0. The minimum Gasteiger partial charge on any atom is -0.445 e. The lowest BCUT2D eigenvalue weighted by Gasteiger charge is -2.31. The van der Waals surface area contributed by atoms with Gasteiger partial charge in [-0.15, -0.1) is 0 Å². The Balaban J connectivity index is 1.44. The summed E-state index contributed by atoms with van der Waals surface area (Å²) in [6, 6.07) is 9.05. The van der Waals surface area contributed by atoms with Gasteiger partial charge in [0.15, 0.2) is 0 Å². The predicted octanol–water partition coefficient (Wildman–Crippen LogP) is 2.57. The van der Waals surface area contributed by atoms with Gasteiger partial charge in [-0.1, -0.05) is 43.7 Å². The van der Waals surface area contributed by atoms with E-state index in [-0.39, 0.29) is 42.3 Å². The highest BCUT2D eigenvalue weighted by Gasteiger charge is 2.56. The van der Waals surface area contributed by atoms with E-state index in [1.54, 1.807) is 4.90 Å². The minimum atomic E-state index is -0.404. The first-order valence-electron chi connectivity index (χ1n) is 9.42. The third-order valence-corrected chi connectivity index (χ3v) is 6.02. The van der Waals surface area contributed by atoms with Gasteiger partial charge in [-0.25, -0.2) is 4.79 Å². The first-order chi connectivity index (χ1) is 12.6. The standard InChI is InChI=1S/C20H24N2O4/c1-13-17-16(22(18(13)23)19(24)15-8-5-9-15)10-11-21(17)20(25)26-12-14-6-3-2-4-7-14/h2-4,6-7,13,15-17H,5,8-12H2,1H3/t13-,16-,17?/m0/s1. The van der Waals surface area contributed by atoms with Crippen LogP contribution < -0.4 is 0 Å². The van der Waals surface area contributed by atoms with Gasteiger partial charge in [0, 0.05) is 12.5 Å². The van der Waals surface area contributed by atoms with E-state index in [9.17, 15) is 14.4 Å². The molecular formula is C20H24N2O4. The van der Waals surface area contributed by atoms with Crippen LogP contribution in [0, 0.1) is 11.8 Å². The number of likely N-dealkylation sites (tertiary alicyclic amines) is 2. The molecule has 1 unspecified atom stereocenters. The Morgan fingerprint density at radius 1 is 1.15 bits per heavy atom. The lowest BCUT2D eigenvalue weighted by molar-refractivity contribution is -0.149. The van der Waals surface area contributed by atoms with Crippen molar-refractivity contribution >= 4 is 17.9 Å². The van der Waals surface area contributed by atoms with Crippen LogP contribution in [0.1, 0.15) is 38.2 Å². The summed E-state index contributed by atoms with van der Waals surface area (Å²) in [6.45, 7) is 2.55. The summed E-state index contributed by atoms with van der Waals surface area (Å²) in [5.74, 6) is -0.558. The molecule has 6 heteroatoms. The zero-order valence-corrected chi connectivity index (χ0v) is 15.0. The molecule has 138 valence electrons. The van der Waals surface area contributed by atoms with Gasteiger partial charge in [0.05, 0.1) is 18.0 Å². The van der Waals surface area contributed by atoms with Gasteiger partial charge in [0.2, 0.25) is 11.8 Å². The number of rotatable bonds is 3. The second-order valence-electron chi connectivity index (χ2n) is 7.54. The number of amides is 3. The fraction of sp³-hybridized carbons (Fsp3) is 0.550. The van der Waals surface area contributed by atoms with E-state index in [1.165, 1.54) is 4.90 Å². The minimum absolute atomic E-state index is 0.0102. The van der Waals surface area contributed by atoms with Crippen molar-refractivity contribution in [3.63, 3.8) is 0 Å². The number of fused-ring (bicyclic) bond motifs is 1. The summed E-state index contributed by atoms with van der Waals surface area (Å²) in [6.07, 6.45) is 3.03. The highest BCUT2D eigenvalue weighted by Crippen LogP contribution is 2.39. The van der Waals surface area contributed by atoms with E-state index < -0.39 is 6.09 Å². The van der Waals surface area contributed by atoms with Crippen LogP contribution in [0.4, 0.5) is 4.79 Å². The fourth-order valence-electron chi connectivity index (χ4n) is 4.35. The molecule has 6 nitrogen and oxygen atoms in total. The molecule has 1 aromatic carbocycles. The maximum absolute atomic E-state index is 12.7. The van der Waals surface area contributed by atoms with Crippen molar-refractivity contribution in [2.75, 3.05) is 6.54 Å². The Hall–Kier alpha value is -2.37. The summed E-state index contributed by atoms with van der Waals surface area (Å²) in [5, 5.41) is 0. The molecule has 1 aliphatic carbocycles. The summed E-state index contributed by atoms with van der Waals surface area (Å²) in [7, 11) is 0. The average Bonchev–Trinajstić information content (AvgIpc) is 3.12. The van der Waals surface area contributed by atoms with Crippen molar-refractivity contribution in [3.8, 4) is 0 Å². The molecule has 3 atom stereocenters. The SMILES string of the molecule is C[C@@H]1C(=O)N(C(=O)C2CCC2)[C@H]2CCN(C(=O)OCc3ccccc3)C12. The number of hydrogen-bond donors (Lipinski definition) is 0. The van der Waals surface area contributed by atoms with Gasteiger partial charge in [-0.3, -0.25) is 14.5 Å². The number of benzene rings is 1. The van der Waals surface area contributed by atoms with Crippen LogP contribution in [-0.4, -0.2) is 46.3 Å². The fourth-order valence-corrected chi connectivity index (χ4v) is 4.35. The quantitative estimate of drug-likeness (QED) is 0.781. The predicted molar refractivity (Wildman–Crippen MR) is 93.9 cm³/mol. The number of ether oxygens (including phenoxy) is 1. The van der Waals surface area contributed by atoms with Crippen molar-refractivity contribution in [2.45, 2.75) is 51.3 Å². The Labute approximate surface area is 153 Å². The number of nitrogens with zero attached hydrogens (tertiary/aromatic N) is 2. The average molecular weight is 356 g/mol. The molecule has 2 heterocycles. The number of carbonyl (C=O) groups excluding carboxylic acids is 3. The Kier molecular flexibility index (Phi) is 4.42. The monoisotopic (exact) mass is 356 g/mol. The highest BCUT2D eigenvalue weighted by molar-refractivity contribution is 6.00. The number of carbonyl (C=O) groups is 3. The molecule has 26 heavy (non-hydrogen) atoms. The smallest absolute Gasteiger partial charge is 0.410 e. The molecule has 3 amide bonds. The molecule has 0 bridgehead atoms. The van der Waals surface area contributed by atoms with Crippen molar-refractivity contribution in [1.29, 1.82) is 0 Å². The summed E-state index contributed by atoms with van der Waals surface area (Å²) in [4.78, 5) is 41.0. The van der Waals surface area contributed by atoms with Crippen LogP contribution in [0.15, 0.2) is 30.3 Å². The zero-order chi connectivity index (χ0) is 18.3. The normalized spacial score (nSPS) is 28.0. The van der Waals surface area contributed by atoms with E-state index in [0.29, 0.717) is 13.0 Å². The van der Waals surface area contributed by atoms with Crippen LogP contribution in [0.5, 0.6) is 0 Å². The highest BCUT2D eigenvalue weighted by atomic mass is 16.6. The molecule has 3 fully saturated rings. The van der Waals surface area contributed by atoms with Gasteiger partial charge >= 0.3 is 6.09 Å². The molecule has 2 saturated heterocycles. The van der Waals surface area contributed by atoms with E-state index in [0.717, 1.165) is 24.8 Å². The lowest BCUT2D eigenvalue weighted by Crippen LogP contribution is -2.46. The van der Waals surface area contributed by atoms with E-state index >= 15 is 0 Å². The molecule has 0 radical (unpaired) electrons. The Morgan fingerprint density at radius 3 is 2.54 bits per heavy atom. The van der Waals surface area contributed by atoms with Crippen LogP contribution in [0.3, 0.4) is 0 Å². The molecule has 0 spiro atoms. The van der Waals surface area contributed by atoms with E-state index in [1.807, 2.05) is 37.3 Å². The van der Waals surface area contributed by atoms with E-state index in [4.69, 9.17) is 4.74 Å². The lowest BCUT2D eigenvalue weighted by atomic mass is 9.84. The molecule has 0 N–H and O–H groups in total. The molecule has 3 aliphatic rings. The van der Waals surface area contributed by atoms with Gasteiger partial charge < -0.3 is 9.64 Å². The topological polar surface area (TPSA) is 66.9 Å². The van der Waals surface area contributed by atoms with Crippen molar-refractivity contribution in [3.05, 3.63) is 35.9 Å². The molecule has 1 saturated carbocycles. The third kappa shape index (κ3) is 2.77. The van der Waals surface area contributed by atoms with Crippen molar-refractivity contribution in [2.24, 2.45) is 11.8 Å². The number of hydrogen-bond acceptors (Lipinski definition) is 4. The first kappa shape index (κ1) is 17.1. The third-order valence-electron chi connectivity index (χ3n) is 6.02. The van der Waals surface area contributed by atoms with Crippen LogP contribution >= 0.6 is 0 Å². The molecule has 4 rings (SSSR count). The molecule has 0 aromatic heterocycles. The van der Waals surface area contributed by atoms with Crippen molar-refractivity contribution in [1.82, 2.24) is 9.80 Å². The van der Waals surface area contributed by atoms with Gasteiger partial charge in [-0.2, -0.15) is 0 Å². The maximum Gasteiger partial charge on any atom is 0.410 e. The van der Waals surface area contributed by atoms with Crippen LogP contribution in [0.2, 0.25) is 0 Å². The summed E-state index contributed by atoms with van der Waals surface area (Å²) < 4.78 is 5.45. The molecular weight excluding hydrogens is 332 g/mol. The maximum atomic E-state index is 12.7. The first-order valence-corrected chi connectivity index (χ1v) is 9.42.